The average Bonchev–Trinajstić information content (AvgIpc) is 3.34. The lowest BCUT2D eigenvalue weighted by Gasteiger charge is -2.25. The first-order valence-electron chi connectivity index (χ1n) is 9.70. The average molecular weight is 418 g/mol. The molecule has 0 saturated carbocycles. The van der Waals surface area contributed by atoms with Crippen LogP contribution in [-0.2, 0) is 6.18 Å². The molecule has 1 aliphatic heterocycles. The molecule has 4 rings (SSSR count). The number of fused-ring (bicyclic) bond motifs is 1. The second kappa shape index (κ2) is 7.58. The number of anilines is 1. The number of nitrogens with one attached hydrogen (secondary N) is 2. The molecule has 3 aromatic heterocycles. The van der Waals surface area contributed by atoms with Gasteiger partial charge in [-0.3, -0.25) is 14.9 Å². The summed E-state index contributed by atoms with van der Waals surface area (Å²) >= 11 is 0. The number of halogens is 3. The van der Waals surface area contributed by atoms with Crippen LogP contribution < -0.4 is 5.32 Å². The molecule has 10 heteroatoms. The number of hydrogen-bond donors (Lipinski definition) is 2. The maximum absolute atomic E-state index is 13.9. The number of aromatic amines is 1. The van der Waals surface area contributed by atoms with E-state index >= 15 is 0 Å². The van der Waals surface area contributed by atoms with E-state index in [1.807, 2.05) is 13.8 Å². The van der Waals surface area contributed by atoms with Crippen LogP contribution in [0.2, 0.25) is 0 Å². The predicted molar refractivity (Wildman–Crippen MR) is 105 cm³/mol. The summed E-state index contributed by atoms with van der Waals surface area (Å²) in [5.74, 6) is -0.209. The number of amides is 1. The van der Waals surface area contributed by atoms with Crippen molar-refractivity contribution in [3.05, 3.63) is 47.4 Å². The van der Waals surface area contributed by atoms with Gasteiger partial charge in [0, 0.05) is 18.8 Å². The molecule has 4 heterocycles. The molecule has 158 valence electrons. The van der Waals surface area contributed by atoms with E-state index in [1.54, 1.807) is 23.1 Å². The molecule has 1 saturated heterocycles. The summed E-state index contributed by atoms with van der Waals surface area (Å²) in [5.41, 5.74) is -0.334. The van der Waals surface area contributed by atoms with E-state index in [0.29, 0.717) is 19.4 Å². The second-order valence-corrected chi connectivity index (χ2v) is 7.56. The van der Waals surface area contributed by atoms with Gasteiger partial charge >= 0.3 is 6.18 Å². The lowest BCUT2D eigenvalue weighted by molar-refractivity contribution is -0.136. The van der Waals surface area contributed by atoms with Gasteiger partial charge in [0.15, 0.2) is 11.5 Å². The highest BCUT2D eigenvalue weighted by Crippen LogP contribution is 2.40. The maximum Gasteiger partial charge on any atom is 0.417 e. The molecular weight excluding hydrogens is 397 g/mol. The van der Waals surface area contributed by atoms with Crippen LogP contribution in [-0.4, -0.2) is 43.6 Å². The van der Waals surface area contributed by atoms with Crippen molar-refractivity contribution in [2.45, 2.75) is 44.9 Å². The number of hydrogen-bond acceptors (Lipinski definition) is 5. The van der Waals surface area contributed by atoms with Crippen molar-refractivity contribution >= 4 is 22.8 Å². The summed E-state index contributed by atoms with van der Waals surface area (Å²) in [6.45, 7) is 4.06. The van der Waals surface area contributed by atoms with Crippen LogP contribution in [0.1, 0.15) is 54.5 Å². The third-order valence-electron chi connectivity index (χ3n) is 5.02. The Hall–Kier alpha value is -3.17. The van der Waals surface area contributed by atoms with Crippen molar-refractivity contribution < 1.29 is 18.0 Å². The standard InChI is InChI=1S/C20H21F3N6O/c1-11(2)25-17-16-12(20(21,22)23)10-14(26-18(16)28-27-17)15-7-5-9-29(15)19(30)13-6-3-4-8-24-13/h3-4,6,8,10-11,15H,5,7,9H2,1-2H3,(H2,25,26,27,28)/t15-/m0/s1. The third kappa shape index (κ3) is 3.69. The first-order chi connectivity index (χ1) is 14.3. The molecule has 1 fully saturated rings. The molecule has 1 atom stereocenters. The van der Waals surface area contributed by atoms with Crippen LogP contribution in [0.5, 0.6) is 0 Å². The van der Waals surface area contributed by atoms with Crippen molar-refractivity contribution in [3.8, 4) is 0 Å². The normalized spacial score (nSPS) is 17.1. The summed E-state index contributed by atoms with van der Waals surface area (Å²) in [5, 5.41) is 9.42. The minimum absolute atomic E-state index is 0.0418. The summed E-state index contributed by atoms with van der Waals surface area (Å²) in [6, 6.07) is 5.37. The van der Waals surface area contributed by atoms with Crippen LogP contribution in [0, 0.1) is 0 Å². The number of pyridine rings is 2. The Morgan fingerprint density at radius 3 is 2.80 bits per heavy atom. The van der Waals surface area contributed by atoms with Gasteiger partial charge in [-0.15, -0.1) is 0 Å². The molecule has 1 aliphatic rings. The first-order valence-corrected chi connectivity index (χ1v) is 9.70. The maximum atomic E-state index is 13.9. The Kier molecular flexibility index (Phi) is 5.08. The lowest BCUT2D eigenvalue weighted by Crippen LogP contribution is -2.31. The summed E-state index contributed by atoms with van der Waals surface area (Å²) in [4.78, 5) is 22.9. The van der Waals surface area contributed by atoms with Crippen molar-refractivity contribution in [2.75, 3.05) is 11.9 Å². The molecule has 0 spiro atoms. The zero-order valence-corrected chi connectivity index (χ0v) is 16.5. The number of nitrogens with zero attached hydrogens (tertiary/aromatic N) is 4. The third-order valence-corrected chi connectivity index (χ3v) is 5.02. The number of alkyl halides is 3. The predicted octanol–water partition coefficient (Wildman–Crippen LogP) is 4.17. The quantitative estimate of drug-likeness (QED) is 0.664. The van der Waals surface area contributed by atoms with Crippen molar-refractivity contribution in [3.63, 3.8) is 0 Å². The van der Waals surface area contributed by atoms with Crippen LogP contribution in [0.4, 0.5) is 19.0 Å². The van der Waals surface area contributed by atoms with Crippen molar-refractivity contribution in [2.24, 2.45) is 0 Å². The fourth-order valence-electron chi connectivity index (χ4n) is 3.78. The minimum atomic E-state index is -4.60. The van der Waals surface area contributed by atoms with E-state index in [2.05, 4.69) is 25.5 Å². The van der Waals surface area contributed by atoms with Crippen LogP contribution in [0.15, 0.2) is 30.5 Å². The number of carbonyl (C=O) groups is 1. The molecular formula is C20H21F3N6O. The molecule has 0 aromatic carbocycles. The molecule has 3 aromatic rings. The van der Waals surface area contributed by atoms with E-state index < -0.39 is 17.8 Å². The van der Waals surface area contributed by atoms with Gasteiger partial charge in [0.25, 0.3) is 5.91 Å². The number of carbonyl (C=O) groups excluding carboxylic acids is 1. The molecule has 0 unspecified atom stereocenters. The van der Waals surface area contributed by atoms with E-state index in [1.165, 1.54) is 6.20 Å². The fourth-order valence-corrected chi connectivity index (χ4v) is 3.78. The topological polar surface area (TPSA) is 86.8 Å². The Morgan fingerprint density at radius 2 is 2.13 bits per heavy atom. The molecule has 2 N–H and O–H groups in total. The smallest absolute Gasteiger partial charge is 0.366 e. The fraction of sp³-hybridized carbons (Fsp3) is 0.400. The van der Waals surface area contributed by atoms with Crippen LogP contribution >= 0.6 is 0 Å². The van der Waals surface area contributed by atoms with Crippen LogP contribution in [0.3, 0.4) is 0 Å². The van der Waals surface area contributed by atoms with Gasteiger partial charge in [-0.25, -0.2) is 4.98 Å². The Balaban J connectivity index is 1.78. The highest BCUT2D eigenvalue weighted by Gasteiger charge is 2.38. The molecule has 0 aliphatic carbocycles. The lowest BCUT2D eigenvalue weighted by atomic mass is 10.0. The van der Waals surface area contributed by atoms with E-state index in [9.17, 15) is 18.0 Å². The van der Waals surface area contributed by atoms with E-state index in [0.717, 1.165) is 6.07 Å². The molecule has 30 heavy (non-hydrogen) atoms. The van der Waals surface area contributed by atoms with Gasteiger partial charge < -0.3 is 10.2 Å². The number of likely N-dealkylation sites (tertiary alicyclic amines) is 1. The highest BCUT2D eigenvalue weighted by atomic mass is 19.4. The Labute approximate surface area is 170 Å². The highest BCUT2D eigenvalue weighted by molar-refractivity contribution is 5.93. The zero-order valence-electron chi connectivity index (χ0n) is 16.5. The second-order valence-electron chi connectivity index (χ2n) is 7.56. The van der Waals surface area contributed by atoms with Gasteiger partial charge in [-0.05, 0) is 44.9 Å². The van der Waals surface area contributed by atoms with Gasteiger partial charge in [0.05, 0.1) is 22.7 Å². The SMILES string of the molecule is CC(C)Nc1n[nH]c2nc([C@@H]3CCCN3C(=O)c3ccccn3)cc(C(F)(F)F)c12. The molecule has 7 nitrogen and oxygen atoms in total. The van der Waals surface area contributed by atoms with Gasteiger partial charge in [0.2, 0.25) is 0 Å². The van der Waals surface area contributed by atoms with Gasteiger partial charge in [-0.1, -0.05) is 6.07 Å². The van der Waals surface area contributed by atoms with Gasteiger partial charge in [0.1, 0.15) is 5.69 Å². The first kappa shape index (κ1) is 20.1. The summed E-state index contributed by atoms with van der Waals surface area (Å²) in [6.07, 6.45) is -1.88. The Bertz CT molecular complexity index is 1060. The van der Waals surface area contributed by atoms with E-state index in [4.69, 9.17) is 0 Å². The summed E-state index contributed by atoms with van der Waals surface area (Å²) < 4.78 is 41.7. The monoisotopic (exact) mass is 418 g/mol. The van der Waals surface area contributed by atoms with Crippen molar-refractivity contribution in [1.29, 1.82) is 0 Å². The van der Waals surface area contributed by atoms with Crippen LogP contribution in [0.25, 0.3) is 11.0 Å². The van der Waals surface area contributed by atoms with E-state index in [-0.39, 0.29) is 40.2 Å². The molecule has 1 amide bonds. The largest absolute Gasteiger partial charge is 0.417 e. The Morgan fingerprint density at radius 1 is 1.33 bits per heavy atom. The summed E-state index contributed by atoms with van der Waals surface area (Å²) in [7, 11) is 0. The van der Waals surface area contributed by atoms with Gasteiger partial charge in [-0.2, -0.15) is 18.3 Å². The number of aromatic nitrogens is 4. The van der Waals surface area contributed by atoms with Crippen molar-refractivity contribution in [1.82, 2.24) is 25.1 Å². The molecule has 0 radical (unpaired) electrons. The zero-order chi connectivity index (χ0) is 21.5. The molecule has 0 bridgehead atoms. The number of rotatable bonds is 4. The minimum Gasteiger partial charge on any atom is -0.366 e. The number of H-pyrrole nitrogens is 1.